The van der Waals surface area contributed by atoms with Gasteiger partial charge in [-0.1, -0.05) is 0 Å². The number of aliphatic hydroxyl groups is 1. The van der Waals surface area contributed by atoms with Crippen LogP contribution in [0.5, 0.6) is 0 Å². The predicted molar refractivity (Wildman–Crippen MR) is 77.2 cm³/mol. The van der Waals surface area contributed by atoms with E-state index in [9.17, 15) is 14.4 Å². The van der Waals surface area contributed by atoms with Crippen molar-refractivity contribution in [2.75, 3.05) is 0 Å². The molecule has 162 valence electrons. The summed E-state index contributed by atoms with van der Waals surface area (Å²) in [5.41, 5.74) is -2.74. The van der Waals surface area contributed by atoms with Gasteiger partial charge in [0.2, 0.25) is 0 Å². The zero-order chi connectivity index (χ0) is 22.3. The van der Waals surface area contributed by atoms with Crippen LogP contribution < -0.4 is 118 Å². The van der Waals surface area contributed by atoms with Gasteiger partial charge in [-0.15, -0.1) is 0 Å². The first-order valence-electron chi connectivity index (χ1n) is 5.17. The summed E-state index contributed by atoms with van der Waals surface area (Å²) in [4.78, 5) is 53.4. The van der Waals surface area contributed by atoms with Gasteiger partial charge in [0.05, 0.1) is 12.8 Å². The first kappa shape index (κ1) is 52.8. The van der Waals surface area contributed by atoms with Crippen molar-refractivity contribution in [2.24, 2.45) is 0 Å². The minimum atomic E-state index is -4.67. The fraction of sp³-hybridized carbons (Fsp3) is 0.429. The van der Waals surface area contributed by atoms with Crippen molar-refractivity contribution in [3.63, 3.8) is 0 Å². The van der Waals surface area contributed by atoms with E-state index < -0.39 is 62.1 Å². The van der Waals surface area contributed by atoms with E-state index in [1.54, 1.807) is 0 Å². The van der Waals surface area contributed by atoms with Crippen LogP contribution in [0.15, 0.2) is 0 Å². The van der Waals surface area contributed by atoms with Crippen LogP contribution in [0.4, 0.5) is 4.79 Å². The standard InChI is InChI=1S/C6H8O7.CH2O3.4Na.H2O4S.H2O3Si.4H/c7-3(8)1-6(13,5(11)12)2-4(9)10;2-1(3)4;;;;;1-5(2,3)4;1-4(2)3;;;;/h13H,1-2H2,(H,7,8)(H,9,10)(H,11,12);(H2,2,3,4);;;;;(H2,1,2,3,4);1-2H;;;;/q;;4*+1;;;4*-1. The van der Waals surface area contributed by atoms with E-state index in [2.05, 4.69) is 0 Å². The third kappa shape index (κ3) is 78.6. The summed E-state index contributed by atoms with van der Waals surface area (Å²) in [7, 11) is -7.80. The molecule has 0 rings (SSSR count). The summed E-state index contributed by atoms with van der Waals surface area (Å²) < 4.78 is 40.3. The minimum Gasteiger partial charge on any atom is -1.00 e. The fourth-order valence-corrected chi connectivity index (χ4v) is 0.714. The molecule has 0 atom stereocenters. The van der Waals surface area contributed by atoms with Crippen molar-refractivity contribution >= 4 is 43.6 Å². The van der Waals surface area contributed by atoms with E-state index in [0.29, 0.717) is 0 Å². The van der Waals surface area contributed by atoms with Gasteiger partial charge in [-0.05, 0) is 0 Å². The number of carboxylic acid groups (broad SMARTS) is 5. The quantitative estimate of drug-likeness (QED) is 0.117. The molecule has 0 saturated heterocycles. The molecule has 0 fully saturated rings. The number of rotatable bonds is 5. The van der Waals surface area contributed by atoms with Gasteiger partial charge in [-0.3, -0.25) is 23.2 Å². The maximum absolute atomic E-state index is 10.3. The van der Waals surface area contributed by atoms with Gasteiger partial charge >= 0.3 is 162 Å². The average molecular weight is 526 g/mol. The molecule has 0 aromatic carbocycles. The van der Waals surface area contributed by atoms with Crippen LogP contribution in [-0.4, -0.2) is 96.6 Å². The Morgan fingerprint density at radius 3 is 0.967 bits per heavy atom. The van der Waals surface area contributed by atoms with Crippen molar-refractivity contribution in [3.8, 4) is 0 Å². The van der Waals surface area contributed by atoms with Crippen molar-refractivity contribution in [2.45, 2.75) is 18.4 Å². The first-order valence-corrected chi connectivity index (χ1v) is 7.87. The molecule has 0 amide bonds. The third-order valence-corrected chi connectivity index (χ3v) is 1.29. The Bertz CT molecular complexity index is 583. The number of hydrogen-bond donors (Lipinski definition) is 10. The minimum absolute atomic E-state index is 0. The number of aliphatic carboxylic acids is 3. The monoisotopic (exact) mass is 526 g/mol. The first-order chi connectivity index (χ1) is 11.2. The molecule has 0 aliphatic heterocycles. The second-order valence-electron chi connectivity index (χ2n) is 3.49. The molecule has 0 bridgehead atoms. The van der Waals surface area contributed by atoms with Gasteiger partial charge in [0.15, 0.2) is 5.60 Å². The van der Waals surface area contributed by atoms with Crippen LogP contribution in [0, 0.1) is 0 Å². The SMILES string of the molecule is O=C(O)CC(O)(CC(=O)O)C(=O)O.O=C(O)O.O=S(=O)(O)O.O=[Si](O)O.[H-].[H-].[H-].[H-].[Na+].[Na+].[Na+].[Na+]. The normalized spacial score (nSPS) is 8.23. The number of carboxylic acids is 3. The molecule has 0 saturated carbocycles. The molecule has 0 spiro atoms. The van der Waals surface area contributed by atoms with Gasteiger partial charge in [0.1, 0.15) is 0 Å². The van der Waals surface area contributed by atoms with Crippen LogP contribution in [0.3, 0.4) is 0 Å². The Balaban J connectivity index is -0.0000000200. The maximum atomic E-state index is 10.3. The zero-order valence-electron chi connectivity index (χ0n) is 20.2. The predicted octanol–water partition coefficient (Wildman–Crippen LogP) is -14.8. The van der Waals surface area contributed by atoms with E-state index in [1.807, 2.05) is 0 Å². The summed E-state index contributed by atoms with van der Waals surface area (Å²) in [5.74, 6) is -5.02. The molecule has 0 unspecified atom stereocenters. The van der Waals surface area contributed by atoms with Crippen LogP contribution in [-0.2, 0) is 29.2 Å². The van der Waals surface area contributed by atoms with E-state index in [-0.39, 0.29) is 124 Å². The van der Waals surface area contributed by atoms with E-state index in [4.69, 9.17) is 67.0 Å². The average Bonchev–Trinajstić information content (AvgIpc) is 2.21. The molecule has 17 nitrogen and oxygen atoms in total. The van der Waals surface area contributed by atoms with Crippen molar-refractivity contribution in [3.05, 3.63) is 0 Å². The number of carbonyl (C=O) groups is 4. The van der Waals surface area contributed by atoms with E-state index in [0.717, 1.165) is 0 Å². The van der Waals surface area contributed by atoms with Gasteiger partial charge < -0.3 is 45.9 Å². The van der Waals surface area contributed by atoms with Crippen LogP contribution >= 0.6 is 0 Å². The van der Waals surface area contributed by atoms with E-state index in [1.165, 1.54) is 0 Å². The summed E-state index contributed by atoms with van der Waals surface area (Å²) in [5, 5.41) is 47.8. The largest absolute Gasteiger partial charge is 1.00 e. The smallest absolute Gasteiger partial charge is 1.00 e. The Morgan fingerprint density at radius 2 is 0.900 bits per heavy atom. The number of hydrogen-bond acceptors (Lipinski definition) is 8. The third-order valence-electron chi connectivity index (χ3n) is 1.29. The summed E-state index contributed by atoms with van der Waals surface area (Å²) in [6.07, 6.45) is -4.12. The Morgan fingerprint density at radius 1 is 0.767 bits per heavy atom. The second kappa shape index (κ2) is 28.2. The maximum Gasteiger partial charge on any atom is 1.00 e. The van der Waals surface area contributed by atoms with Crippen LogP contribution in [0.1, 0.15) is 18.5 Å². The molecule has 0 aromatic rings. The molecule has 23 heteroatoms. The van der Waals surface area contributed by atoms with Crippen LogP contribution in [0.25, 0.3) is 0 Å². The molecule has 10 N–H and O–H groups in total. The van der Waals surface area contributed by atoms with Crippen molar-refractivity contribution < 1.29 is 205 Å². The van der Waals surface area contributed by atoms with Gasteiger partial charge in [0.25, 0.3) is 0 Å². The summed E-state index contributed by atoms with van der Waals surface area (Å²) in [6, 6.07) is 0. The molecule has 0 aromatic heterocycles. The van der Waals surface area contributed by atoms with Crippen molar-refractivity contribution in [1.29, 1.82) is 0 Å². The van der Waals surface area contributed by atoms with Crippen LogP contribution in [0.2, 0.25) is 0 Å². The molecule has 0 radical (unpaired) electrons. The Hall–Kier alpha value is 1.13. The topological polar surface area (TPSA) is 322 Å². The molecule has 30 heavy (non-hydrogen) atoms. The molecule has 0 aliphatic rings. The fourth-order valence-electron chi connectivity index (χ4n) is 0.714. The van der Waals surface area contributed by atoms with Gasteiger partial charge in [0, 0.05) is 0 Å². The molecule has 0 heterocycles. The molecular formula is C7H18Na4O17SSi. The Labute approximate surface area is 264 Å². The van der Waals surface area contributed by atoms with E-state index >= 15 is 0 Å². The van der Waals surface area contributed by atoms with Crippen molar-refractivity contribution in [1.82, 2.24) is 0 Å². The summed E-state index contributed by atoms with van der Waals surface area (Å²) >= 11 is 0. The Kier molecular flexibility index (Phi) is 49.6. The zero-order valence-corrected chi connectivity index (χ0v) is 26.0. The van der Waals surface area contributed by atoms with Gasteiger partial charge in [-0.2, -0.15) is 8.42 Å². The summed E-state index contributed by atoms with van der Waals surface area (Å²) in [6.45, 7) is 0. The second-order valence-corrected chi connectivity index (χ2v) is 4.95. The molecule has 0 aliphatic carbocycles. The van der Waals surface area contributed by atoms with Gasteiger partial charge in [-0.25, -0.2) is 9.59 Å². The molecular weight excluding hydrogens is 508 g/mol.